The molecule has 56 heavy (non-hydrogen) atoms. The fourth-order valence-electron chi connectivity index (χ4n) is 7.15. The highest BCUT2D eigenvalue weighted by Crippen LogP contribution is 2.59. The molecule has 0 amide bonds. The normalized spacial score (nSPS) is 14.0. The second-order valence-electron chi connectivity index (χ2n) is 12.2. The Morgan fingerprint density at radius 1 is 0.518 bits per heavy atom. The number of hydrogen-bond acceptors (Lipinski definition) is 5. The van der Waals surface area contributed by atoms with Gasteiger partial charge in [-0.05, 0) is 92.1 Å². The number of rotatable bonds is 4. The van der Waals surface area contributed by atoms with Crippen LogP contribution in [0.15, 0.2) is 97.1 Å². The summed E-state index contributed by atoms with van der Waals surface area (Å²) in [5, 5.41) is 53.5. The molecule has 0 fully saturated rings. The first kappa shape index (κ1) is 35.3. The van der Waals surface area contributed by atoms with Crippen LogP contribution in [0.4, 0.5) is 14.5 Å². The quantitative estimate of drug-likeness (QED) is 0.135. The summed E-state index contributed by atoms with van der Waals surface area (Å²) in [6.45, 7) is 24.3. The minimum absolute atomic E-state index is 0.00845. The van der Waals surface area contributed by atoms with E-state index in [1.165, 1.54) is 97.1 Å². The molecule has 0 atom stereocenters. The minimum Gasteiger partial charge on any atom is -0.238 e. The zero-order valence-electron chi connectivity index (χ0n) is 28.6. The van der Waals surface area contributed by atoms with E-state index < -0.39 is 11.6 Å². The highest BCUT2D eigenvalue weighted by molar-refractivity contribution is 6.35. The van der Waals surface area contributed by atoms with Crippen LogP contribution in [0.25, 0.3) is 59.4 Å². The van der Waals surface area contributed by atoms with Gasteiger partial charge in [0.1, 0.15) is 29.8 Å². The Balaban J connectivity index is 1.74. The van der Waals surface area contributed by atoms with Crippen LogP contribution in [-0.2, 0) is 0 Å². The number of halogens is 2. The third kappa shape index (κ3) is 5.36. The van der Waals surface area contributed by atoms with Gasteiger partial charge in [0.15, 0.2) is 5.69 Å². The highest BCUT2D eigenvalue weighted by atomic mass is 19.1. The van der Waals surface area contributed by atoms with Gasteiger partial charge in [0, 0.05) is 11.1 Å². The van der Waals surface area contributed by atoms with E-state index >= 15 is 0 Å². The van der Waals surface area contributed by atoms with Gasteiger partial charge in [0.25, 0.3) is 0 Å². The van der Waals surface area contributed by atoms with Gasteiger partial charge < -0.3 is 0 Å². The summed E-state index contributed by atoms with van der Waals surface area (Å²) in [4.78, 5) is 11.1. The lowest BCUT2D eigenvalue weighted by molar-refractivity contribution is 0.627. The highest BCUT2D eigenvalue weighted by Gasteiger charge is 2.43. The molecule has 8 nitrogen and oxygen atoms in total. The minimum atomic E-state index is -0.579. The average molecular weight is 719 g/mol. The molecule has 254 valence electrons. The second-order valence-corrected chi connectivity index (χ2v) is 12.2. The van der Waals surface area contributed by atoms with E-state index in [2.05, 4.69) is 38.8 Å². The zero-order chi connectivity index (χ0) is 39.7. The van der Waals surface area contributed by atoms with Crippen molar-refractivity contribution in [1.82, 2.24) is 0 Å². The summed E-state index contributed by atoms with van der Waals surface area (Å²) >= 11 is 0. The van der Waals surface area contributed by atoms with Crippen LogP contribution in [0.3, 0.4) is 0 Å². The Morgan fingerprint density at radius 3 is 1.54 bits per heavy atom. The third-order valence-electron chi connectivity index (χ3n) is 9.47. The van der Waals surface area contributed by atoms with Gasteiger partial charge in [-0.25, -0.2) is 23.3 Å². The summed E-state index contributed by atoms with van der Waals surface area (Å²) in [5.41, 5.74) is 1.45. The molecule has 2 aliphatic carbocycles. The van der Waals surface area contributed by atoms with Crippen molar-refractivity contribution in [2.24, 2.45) is 0 Å². The number of benzene rings is 5. The molecule has 0 saturated carbocycles. The molecule has 0 unspecified atom stereocenters. The van der Waals surface area contributed by atoms with Gasteiger partial charge >= 0.3 is 0 Å². The van der Waals surface area contributed by atoms with Crippen molar-refractivity contribution in [1.29, 1.82) is 26.3 Å². The Hall–Kier alpha value is -9.16. The van der Waals surface area contributed by atoms with Crippen molar-refractivity contribution >= 4 is 50.5 Å². The summed E-state index contributed by atoms with van der Waals surface area (Å²) in [5.74, 6) is -1.16. The molecular formula is C46H16F2N8. The predicted octanol–water partition coefficient (Wildman–Crippen LogP) is 10.6. The first-order valence-electron chi connectivity index (χ1n) is 16.4. The van der Waals surface area contributed by atoms with Crippen LogP contribution in [0.1, 0.15) is 61.2 Å². The molecule has 0 saturated heterocycles. The van der Waals surface area contributed by atoms with Gasteiger partial charge in [0.2, 0.25) is 11.4 Å². The van der Waals surface area contributed by atoms with Crippen LogP contribution in [-0.4, -0.2) is 0 Å². The van der Waals surface area contributed by atoms with Gasteiger partial charge in [-0.1, -0.05) is 60.7 Å². The van der Waals surface area contributed by atoms with E-state index in [1.807, 2.05) is 6.07 Å². The van der Waals surface area contributed by atoms with Crippen molar-refractivity contribution in [2.45, 2.75) is 0 Å². The lowest BCUT2D eigenvalue weighted by Gasteiger charge is -2.18. The number of hydrogen-bond donors (Lipinski definition) is 0. The molecule has 10 heteroatoms. The van der Waals surface area contributed by atoms with Crippen molar-refractivity contribution in [2.75, 3.05) is 0 Å². The van der Waals surface area contributed by atoms with Crippen LogP contribution >= 0.6 is 0 Å². The summed E-state index contributed by atoms with van der Waals surface area (Å²) in [6.07, 6.45) is 0. The number of nitrogens with zero attached hydrogens (tertiary/aromatic N) is 8. The molecule has 7 rings (SSSR count). The van der Waals surface area contributed by atoms with E-state index in [1.54, 1.807) is 0 Å². The number of nitriles is 5. The summed E-state index contributed by atoms with van der Waals surface area (Å²) in [7, 11) is 0. The molecular weight excluding hydrogens is 703 g/mol. The van der Waals surface area contributed by atoms with E-state index in [0.29, 0.717) is 27.8 Å². The van der Waals surface area contributed by atoms with E-state index in [0.717, 1.165) is 0 Å². The maximum Gasteiger partial charge on any atom is 0.204 e. The monoisotopic (exact) mass is 718 g/mol. The molecule has 0 aromatic heterocycles. The second kappa shape index (κ2) is 14.1. The molecule has 5 aromatic rings. The smallest absolute Gasteiger partial charge is 0.204 e. The Bertz CT molecular complexity index is 2860. The van der Waals surface area contributed by atoms with Crippen molar-refractivity contribution in [3.8, 4) is 30.3 Å². The fourth-order valence-corrected chi connectivity index (χ4v) is 7.15. The Morgan fingerprint density at radius 2 is 1.05 bits per heavy atom. The van der Waals surface area contributed by atoms with E-state index in [-0.39, 0.29) is 83.9 Å². The molecule has 0 bridgehead atoms. The average Bonchev–Trinajstić information content (AvgIpc) is 3.75. The fraction of sp³-hybridized carbons (Fsp3) is 0. The number of fused-ring (bicyclic) bond motifs is 2. The first-order valence-corrected chi connectivity index (χ1v) is 16.4. The van der Waals surface area contributed by atoms with Gasteiger partial charge in [-0.2, -0.15) is 26.3 Å². The Kier molecular flexibility index (Phi) is 8.88. The van der Waals surface area contributed by atoms with Crippen LogP contribution in [0.5, 0.6) is 0 Å². The van der Waals surface area contributed by atoms with Crippen LogP contribution < -0.4 is 0 Å². The first-order chi connectivity index (χ1) is 27.3. The molecule has 0 radical (unpaired) electrons. The van der Waals surface area contributed by atoms with E-state index in [9.17, 15) is 35.1 Å². The SMILES string of the molecule is [C-]#[N+]C1=C(c2ccc(F)cc2)/C(=C(/C#N)c2ccc([N+]#[C-])cc2)c2c(C#N)c3c(c(C#N)c21)/C(=C(\[N+]#[C-])c1ccc(C#N)cc1)C(c1ccc(F)cc1)=C3C#N. The molecule has 0 heterocycles. The van der Waals surface area contributed by atoms with E-state index in [4.69, 9.17) is 19.7 Å². The lowest BCUT2D eigenvalue weighted by atomic mass is 9.82. The predicted molar refractivity (Wildman–Crippen MR) is 204 cm³/mol. The largest absolute Gasteiger partial charge is 0.238 e. The standard InChI is InChI=1S/C46H16F2N8/c1-54-32-18-12-26(13-19-32)33(21-50)40-38(28-10-16-31(48)17-11-28)46(56-3)43-36(24-53)41-39(35(23-52)42(40)43)34(22-51)37(27-8-14-30(47)15-9-27)44(41)45(55-2)29-6-4-25(20-49)5-7-29/h4-19H/b40-33+,45-44-. The van der Waals surface area contributed by atoms with Crippen molar-refractivity contribution < 1.29 is 8.78 Å². The van der Waals surface area contributed by atoms with Crippen LogP contribution in [0, 0.1) is 88.0 Å². The van der Waals surface area contributed by atoms with Gasteiger partial charge in [0.05, 0.1) is 59.7 Å². The van der Waals surface area contributed by atoms with Crippen LogP contribution in [0.2, 0.25) is 0 Å². The molecule has 0 spiro atoms. The lowest BCUT2D eigenvalue weighted by Crippen LogP contribution is -2.05. The van der Waals surface area contributed by atoms with Gasteiger partial charge in [-0.15, -0.1) is 0 Å². The van der Waals surface area contributed by atoms with Gasteiger partial charge in [-0.3, -0.25) is 0 Å². The Labute approximate surface area is 319 Å². The topological polar surface area (TPSA) is 132 Å². The molecule has 0 N–H and O–H groups in total. The zero-order valence-corrected chi connectivity index (χ0v) is 28.6. The summed E-state index contributed by atoms with van der Waals surface area (Å²) in [6, 6.07) is 33.2. The molecule has 5 aromatic carbocycles. The molecule has 0 aliphatic heterocycles. The third-order valence-corrected chi connectivity index (χ3v) is 9.47. The number of allylic oxidation sites excluding steroid dienone is 6. The maximum atomic E-state index is 14.3. The van der Waals surface area contributed by atoms with Crippen molar-refractivity contribution in [3.05, 3.63) is 204 Å². The maximum absolute atomic E-state index is 14.3. The molecule has 2 aliphatic rings. The van der Waals surface area contributed by atoms with Crippen molar-refractivity contribution in [3.63, 3.8) is 0 Å². The summed E-state index contributed by atoms with van der Waals surface area (Å²) < 4.78 is 28.7.